The van der Waals surface area contributed by atoms with Gasteiger partial charge in [-0.25, -0.2) is 0 Å². The van der Waals surface area contributed by atoms with Gasteiger partial charge in [0.15, 0.2) is 23.1 Å². The van der Waals surface area contributed by atoms with Crippen LogP contribution in [-0.2, 0) is 0 Å². The van der Waals surface area contributed by atoms with E-state index in [1.165, 1.54) is 0 Å². The minimum atomic E-state index is -0.517. The first-order chi connectivity index (χ1) is 22.5. The molecular weight excluding hydrogens is 568 g/mol. The lowest BCUT2D eigenvalue weighted by molar-refractivity contribution is 0.0983. The molecule has 0 spiro atoms. The third kappa shape index (κ3) is 4.92. The van der Waals surface area contributed by atoms with E-state index in [9.17, 15) is 19.2 Å². The van der Waals surface area contributed by atoms with Crippen molar-refractivity contribution in [3.05, 3.63) is 202 Å². The molecule has 0 atom stereocenters. The van der Waals surface area contributed by atoms with Crippen molar-refractivity contribution < 1.29 is 19.2 Å². The van der Waals surface area contributed by atoms with Gasteiger partial charge in [0.2, 0.25) is 0 Å². The lowest BCUT2D eigenvalue weighted by Crippen LogP contribution is -2.22. The van der Waals surface area contributed by atoms with Crippen molar-refractivity contribution in [3.63, 3.8) is 0 Å². The van der Waals surface area contributed by atoms with Gasteiger partial charge >= 0.3 is 0 Å². The molecule has 0 aliphatic heterocycles. The Balaban J connectivity index is 1.74. The summed E-state index contributed by atoms with van der Waals surface area (Å²) in [6, 6.07) is 45.8. The summed E-state index contributed by atoms with van der Waals surface area (Å²) in [7, 11) is 0. The maximum absolute atomic E-state index is 14.8. The van der Waals surface area contributed by atoms with Crippen LogP contribution in [0.15, 0.2) is 158 Å². The van der Waals surface area contributed by atoms with E-state index in [1.54, 1.807) is 115 Å². The predicted octanol–water partition coefficient (Wildman–Crippen LogP) is 8.92. The average molecular weight is 595 g/mol. The predicted molar refractivity (Wildman–Crippen MR) is 181 cm³/mol. The quantitative estimate of drug-likeness (QED) is 0.130. The zero-order valence-electron chi connectivity index (χ0n) is 24.6. The molecule has 0 aliphatic carbocycles. The summed E-state index contributed by atoms with van der Waals surface area (Å²) in [5, 5.41) is 2.41. The van der Waals surface area contributed by atoms with Crippen LogP contribution in [0.4, 0.5) is 0 Å². The molecule has 7 aromatic carbocycles. The summed E-state index contributed by atoms with van der Waals surface area (Å²) >= 11 is 0. The summed E-state index contributed by atoms with van der Waals surface area (Å²) in [4.78, 5) is 59.0. The maximum atomic E-state index is 14.8. The number of benzene rings is 7. The highest BCUT2D eigenvalue weighted by Crippen LogP contribution is 2.40. The highest BCUT2D eigenvalue weighted by molar-refractivity contribution is 6.37. The van der Waals surface area contributed by atoms with Gasteiger partial charge in [-0.1, -0.05) is 158 Å². The molecule has 7 rings (SSSR count). The first-order valence-electron chi connectivity index (χ1n) is 14.9. The fraction of sp³-hybridized carbons (Fsp3) is 0. The Morgan fingerprint density at radius 2 is 0.630 bits per heavy atom. The molecule has 218 valence electrons. The molecule has 0 fully saturated rings. The van der Waals surface area contributed by atoms with Crippen LogP contribution in [-0.4, -0.2) is 23.1 Å². The standard InChI is InChI=1S/C42H26O4/c43-39(28-16-5-1-6-17-28)35-33-26-25-27-15-13-14-24-32(27)34(33)36(40(44)29-18-7-2-8-19-29)38(42(46)31-22-11-4-12-23-31)37(35)41(45)30-20-9-3-10-21-30/h1-26H. The van der Waals surface area contributed by atoms with Crippen molar-refractivity contribution in [2.75, 3.05) is 0 Å². The molecule has 7 aromatic rings. The highest BCUT2D eigenvalue weighted by atomic mass is 16.1. The molecule has 0 aromatic heterocycles. The minimum Gasteiger partial charge on any atom is -0.289 e. The van der Waals surface area contributed by atoms with Crippen LogP contribution in [0, 0.1) is 0 Å². The second kappa shape index (κ2) is 12.0. The van der Waals surface area contributed by atoms with Gasteiger partial charge < -0.3 is 0 Å². The van der Waals surface area contributed by atoms with Gasteiger partial charge in [0.25, 0.3) is 0 Å². The third-order valence-electron chi connectivity index (χ3n) is 8.25. The van der Waals surface area contributed by atoms with E-state index in [2.05, 4.69) is 0 Å². The molecule has 0 bridgehead atoms. The number of ketones is 4. The van der Waals surface area contributed by atoms with Crippen molar-refractivity contribution in [1.82, 2.24) is 0 Å². The molecule has 46 heavy (non-hydrogen) atoms. The number of rotatable bonds is 8. The monoisotopic (exact) mass is 594 g/mol. The SMILES string of the molecule is O=C(c1ccccc1)c1c(C(=O)c2ccccc2)c(C(=O)c2ccccc2)c2c(ccc3ccccc32)c1C(=O)c1ccccc1. The smallest absolute Gasteiger partial charge is 0.194 e. The van der Waals surface area contributed by atoms with Gasteiger partial charge in [0, 0.05) is 49.9 Å². The van der Waals surface area contributed by atoms with Crippen molar-refractivity contribution in [2.45, 2.75) is 0 Å². The molecule has 0 unspecified atom stereocenters. The Labute approximate surface area is 265 Å². The molecule has 0 aliphatic rings. The van der Waals surface area contributed by atoms with Crippen LogP contribution >= 0.6 is 0 Å². The minimum absolute atomic E-state index is 0.0861. The summed E-state index contributed by atoms with van der Waals surface area (Å²) in [6.07, 6.45) is 0. The van der Waals surface area contributed by atoms with Crippen molar-refractivity contribution in [3.8, 4) is 0 Å². The molecule has 0 radical (unpaired) electrons. The number of carbonyl (C=O) groups excluding carboxylic acids is 4. The maximum Gasteiger partial charge on any atom is 0.194 e. The van der Waals surface area contributed by atoms with Gasteiger partial charge in [-0.2, -0.15) is 0 Å². The van der Waals surface area contributed by atoms with Gasteiger partial charge in [-0.05, 0) is 16.2 Å². The van der Waals surface area contributed by atoms with E-state index < -0.39 is 23.1 Å². The van der Waals surface area contributed by atoms with Crippen LogP contribution < -0.4 is 0 Å². The number of fused-ring (bicyclic) bond motifs is 3. The van der Waals surface area contributed by atoms with Gasteiger partial charge in [0.05, 0.1) is 0 Å². The first kappa shape index (κ1) is 28.5. The Morgan fingerprint density at radius 1 is 0.283 bits per heavy atom. The molecule has 4 heteroatoms. The van der Waals surface area contributed by atoms with Crippen molar-refractivity contribution in [2.24, 2.45) is 0 Å². The van der Waals surface area contributed by atoms with Crippen LogP contribution in [0.3, 0.4) is 0 Å². The molecule has 0 saturated heterocycles. The van der Waals surface area contributed by atoms with Crippen LogP contribution in [0.5, 0.6) is 0 Å². The molecule has 0 saturated carbocycles. The van der Waals surface area contributed by atoms with Crippen LogP contribution in [0.1, 0.15) is 63.7 Å². The van der Waals surface area contributed by atoms with E-state index in [-0.39, 0.29) is 22.3 Å². The molecular formula is C42H26O4. The zero-order valence-corrected chi connectivity index (χ0v) is 24.6. The molecule has 0 heterocycles. The summed E-state index contributed by atoms with van der Waals surface area (Å²) in [5.74, 6) is -1.87. The zero-order chi connectivity index (χ0) is 31.6. The topological polar surface area (TPSA) is 68.3 Å². The van der Waals surface area contributed by atoms with E-state index >= 15 is 0 Å². The summed E-state index contributed by atoms with van der Waals surface area (Å²) in [5.41, 5.74) is 1.32. The van der Waals surface area contributed by atoms with Gasteiger partial charge in [0.1, 0.15) is 0 Å². The number of hydrogen-bond donors (Lipinski definition) is 0. The second-order valence-corrected chi connectivity index (χ2v) is 11.0. The summed E-state index contributed by atoms with van der Waals surface area (Å²) < 4.78 is 0. The molecule has 0 N–H and O–H groups in total. The van der Waals surface area contributed by atoms with Crippen molar-refractivity contribution >= 4 is 44.7 Å². The Kier molecular flexibility index (Phi) is 7.45. The normalized spacial score (nSPS) is 11.0. The highest BCUT2D eigenvalue weighted by Gasteiger charge is 2.35. The fourth-order valence-corrected chi connectivity index (χ4v) is 6.11. The van der Waals surface area contributed by atoms with Crippen LogP contribution in [0.2, 0.25) is 0 Å². The van der Waals surface area contributed by atoms with E-state index in [1.807, 2.05) is 42.5 Å². The Bertz CT molecular complexity index is 2290. The lowest BCUT2D eigenvalue weighted by Gasteiger charge is -2.22. The van der Waals surface area contributed by atoms with Gasteiger partial charge in [-0.3, -0.25) is 19.2 Å². The third-order valence-corrected chi connectivity index (χ3v) is 8.25. The largest absolute Gasteiger partial charge is 0.289 e. The van der Waals surface area contributed by atoms with Gasteiger partial charge in [-0.15, -0.1) is 0 Å². The second-order valence-electron chi connectivity index (χ2n) is 11.0. The van der Waals surface area contributed by atoms with Crippen molar-refractivity contribution in [1.29, 1.82) is 0 Å². The molecule has 0 amide bonds. The number of hydrogen-bond acceptors (Lipinski definition) is 4. The van der Waals surface area contributed by atoms with Crippen LogP contribution in [0.25, 0.3) is 21.5 Å². The fourth-order valence-electron chi connectivity index (χ4n) is 6.11. The average Bonchev–Trinajstić information content (AvgIpc) is 3.14. The molecule has 4 nitrogen and oxygen atoms in total. The van der Waals surface area contributed by atoms with E-state index in [4.69, 9.17) is 0 Å². The summed E-state index contributed by atoms with van der Waals surface area (Å²) in [6.45, 7) is 0. The lowest BCUT2D eigenvalue weighted by atomic mass is 9.77. The Hall–Kier alpha value is -6.26. The van der Waals surface area contributed by atoms with E-state index in [0.717, 1.165) is 5.39 Å². The first-order valence-corrected chi connectivity index (χ1v) is 14.9. The van der Waals surface area contributed by atoms with E-state index in [0.29, 0.717) is 38.4 Å². The Morgan fingerprint density at radius 3 is 1.09 bits per heavy atom. The number of carbonyl (C=O) groups is 4.